The zero-order chi connectivity index (χ0) is 15.6. The second-order valence-electron chi connectivity index (χ2n) is 5.77. The molecule has 0 amide bonds. The molecule has 1 atom stereocenters. The van der Waals surface area contributed by atoms with Gasteiger partial charge in [-0.1, -0.05) is 0 Å². The fraction of sp³-hybridized carbons (Fsp3) is 0.571. The molecule has 1 heterocycles. The lowest BCUT2D eigenvalue weighted by Crippen LogP contribution is -2.52. The number of halogens is 1. The summed E-state index contributed by atoms with van der Waals surface area (Å²) in [5.41, 5.74) is -0.378. The smallest absolute Gasteiger partial charge is 0.313 e. The molecule has 7 heteroatoms. The molecule has 2 rings (SSSR count). The average molecular weight is 298 g/mol. The SMILES string of the molecule is Cc1cc(OCC2CNCC(C)(C)O2)c([N+](=O)[O-])cc1F. The minimum absolute atomic E-state index is 0.0610. The molecular weight excluding hydrogens is 279 g/mol. The number of benzene rings is 1. The summed E-state index contributed by atoms with van der Waals surface area (Å²) in [5, 5.41) is 14.2. The molecule has 6 nitrogen and oxygen atoms in total. The lowest BCUT2D eigenvalue weighted by Gasteiger charge is -2.36. The summed E-state index contributed by atoms with van der Waals surface area (Å²) in [5.74, 6) is -0.559. The number of ether oxygens (including phenoxy) is 2. The van der Waals surface area contributed by atoms with Crippen LogP contribution in [0.1, 0.15) is 19.4 Å². The van der Waals surface area contributed by atoms with E-state index in [1.165, 1.54) is 13.0 Å². The second-order valence-corrected chi connectivity index (χ2v) is 5.77. The standard InChI is InChI=1S/C14H19FN2O4/c1-9-4-13(12(17(18)19)5-11(9)15)20-7-10-6-16-8-14(2,3)21-10/h4-5,10,16H,6-8H2,1-3H3. The number of hydrogen-bond donors (Lipinski definition) is 1. The van der Waals surface area contributed by atoms with Crippen molar-refractivity contribution in [1.29, 1.82) is 0 Å². The van der Waals surface area contributed by atoms with Crippen molar-refractivity contribution < 1.29 is 18.8 Å². The average Bonchev–Trinajstić information content (AvgIpc) is 2.38. The van der Waals surface area contributed by atoms with Crippen molar-refractivity contribution in [2.24, 2.45) is 0 Å². The Morgan fingerprint density at radius 2 is 2.29 bits per heavy atom. The zero-order valence-corrected chi connectivity index (χ0v) is 12.3. The highest BCUT2D eigenvalue weighted by Gasteiger charge is 2.29. The molecule has 1 aromatic rings. The number of nitrogens with one attached hydrogen (secondary N) is 1. The first-order valence-electron chi connectivity index (χ1n) is 6.74. The molecule has 1 fully saturated rings. The van der Waals surface area contributed by atoms with Gasteiger partial charge >= 0.3 is 5.69 Å². The minimum atomic E-state index is -0.651. The summed E-state index contributed by atoms with van der Waals surface area (Å²) in [4.78, 5) is 10.3. The van der Waals surface area contributed by atoms with E-state index in [4.69, 9.17) is 9.47 Å². The number of morpholine rings is 1. The van der Waals surface area contributed by atoms with E-state index >= 15 is 0 Å². The van der Waals surface area contributed by atoms with E-state index in [1.807, 2.05) is 13.8 Å². The van der Waals surface area contributed by atoms with Crippen LogP contribution in [0.3, 0.4) is 0 Å². The van der Waals surface area contributed by atoms with Crippen LogP contribution >= 0.6 is 0 Å². The van der Waals surface area contributed by atoms with E-state index < -0.39 is 10.7 Å². The fourth-order valence-electron chi connectivity index (χ4n) is 2.25. The lowest BCUT2D eigenvalue weighted by atomic mass is 10.1. The third kappa shape index (κ3) is 3.89. The second kappa shape index (κ2) is 5.95. The van der Waals surface area contributed by atoms with E-state index in [2.05, 4.69) is 5.32 Å². The predicted octanol–water partition coefficient (Wildman–Crippen LogP) is 2.19. The van der Waals surface area contributed by atoms with Gasteiger partial charge in [-0.05, 0) is 32.4 Å². The summed E-state index contributed by atoms with van der Waals surface area (Å²) < 4.78 is 24.7. The molecule has 1 unspecified atom stereocenters. The summed E-state index contributed by atoms with van der Waals surface area (Å²) in [6, 6.07) is 2.23. The highest BCUT2D eigenvalue weighted by atomic mass is 19.1. The molecule has 0 aliphatic carbocycles. The van der Waals surface area contributed by atoms with Gasteiger partial charge < -0.3 is 14.8 Å². The monoisotopic (exact) mass is 298 g/mol. The van der Waals surface area contributed by atoms with E-state index in [1.54, 1.807) is 0 Å². The number of nitrogens with zero attached hydrogens (tertiary/aromatic N) is 1. The normalized spacial score (nSPS) is 21.0. The van der Waals surface area contributed by atoms with Crippen molar-refractivity contribution in [2.45, 2.75) is 32.5 Å². The zero-order valence-electron chi connectivity index (χ0n) is 12.3. The van der Waals surface area contributed by atoms with Crippen LogP contribution in [-0.2, 0) is 4.74 Å². The van der Waals surface area contributed by atoms with Crippen LogP contribution in [0.5, 0.6) is 5.75 Å². The first-order chi connectivity index (χ1) is 9.78. The lowest BCUT2D eigenvalue weighted by molar-refractivity contribution is -0.386. The molecule has 116 valence electrons. The molecule has 1 aromatic carbocycles. The maximum absolute atomic E-state index is 13.4. The van der Waals surface area contributed by atoms with Crippen LogP contribution < -0.4 is 10.1 Å². The van der Waals surface area contributed by atoms with Crippen molar-refractivity contribution >= 4 is 5.69 Å². The Morgan fingerprint density at radius 1 is 1.57 bits per heavy atom. The van der Waals surface area contributed by atoms with Gasteiger partial charge in [0.25, 0.3) is 0 Å². The van der Waals surface area contributed by atoms with Crippen molar-refractivity contribution in [2.75, 3.05) is 19.7 Å². The Hall–Kier alpha value is -1.73. The van der Waals surface area contributed by atoms with Gasteiger partial charge in [0.1, 0.15) is 18.5 Å². The van der Waals surface area contributed by atoms with Gasteiger partial charge in [0.15, 0.2) is 5.75 Å². The van der Waals surface area contributed by atoms with Crippen molar-refractivity contribution in [3.8, 4) is 5.75 Å². The van der Waals surface area contributed by atoms with E-state index in [0.29, 0.717) is 12.1 Å². The van der Waals surface area contributed by atoms with E-state index in [9.17, 15) is 14.5 Å². The molecule has 0 radical (unpaired) electrons. The largest absolute Gasteiger partial charge is 0.484 e. The van der Waals surface area contributed by atoms with Gasteiger partial charge in [-0.3, -0.25) is 10.1 Å². The van der Waals surface area contributed by atoms with Crippen LogP contribution in [-0.4, -0.2) is 36.3 Å². The third-order valence-electron chi connectivity index (χ3n) is 3.27. The topological polar surface area (TPSA) is 73.6 Å². The quantitative estimate of drug-likeness (QED) is 0.681. The van der Waals surface area contributed by atoms with E-state index in [0.717, 1.165) is 12.6 Å². The highest BCUT2D eigenvalue weighted by Crippen LogP contribution is 2.30. The molecule has 1 saturated heterocycles. The molecule has 0 spiro atoms. The van der Waals surface area contributed by atoms with Gasteiger partial charge in [-0.2, -0.15) is 0 Å². The molecule has 0 aromatic heterocycles. The van der Waals surface area contributed by atoms with Crippen LogP contribution in [0.4, 0.5) is 10.1 Å². The van der Waals surface area contributed by atoms with Crippen LogP contribution in [0.2, 0.25) is 0 Å². The van der Waals surface area contributed by atoms with Crippen molar-refractivity contribution in [1.82, 2.24) is 5.32 Å². The Balaban J connectivity index is 2.09. The number of hydrogen-bond acceptors (Lipinski definition) is 5. The van der Waals surface area contributed by atoms with Crippen molar-refractivity contribution in [3.05, 3.63) is 33.6 Å². The number of nitro groups is 1. The maximum Gasteiger partial charge on any atom is 0.313 e. The third-order valence-corrected chi connectivity index (χ3v) is 3.27. The molecule has 0 saturated carbocycles. The summed E-state index contributed by atoms with van der Waals surface area (Å²) in [6.45, 7) is 6.96. The Labute approximate surface area is 122 Å². The molecule has 21 heavy (non-hydrogen) atoms. The van der Waals surface area contributed by atoms with Crippen LogP contribution in [0.25, 0.3) is 0 Å². The molecule has 1 aliphatic rings. The van der Waals surface area contributed by atoms with Gasteiger partial charge in [-0.25, -0.2) is 4.39 Å². The van der Waals surface area contributed by atoms with Gasteiger partial charge in [0.05, 0.1) is 16.6 Å². The first kappa shape index (κ1) is 15.7. The van der Waals surface area contributed by atoms with Gasteiger partial charge in [0.2, 0.25) is 0 Å². The number of aryl methyl sites for hydroxylation is 1. The Morgan fingerprint density at radius 3 is 2.90 bits per heavy atom. The van der Waals surface area contributed by atoms with Crippen molar-refractivity contribution in [3.63, 3.8) is 0 Å². The highest BCUT2D eigenvalue weighted by molar-refractivity contribution is 5.48. The van der Waals surface area contributed by atoms with Gasteiger partial charge in [-0.15, -0.1) is 0 Å². The summed E-state index contributed by atoms with van der Waals surface area (Å²) in [7, 11) is 0. The predicted molar refractivity (Wildman–Crippen MR) is 75.1 cm³/mol. The first-order valence-corrected chi connectivity index (χ1v) is 6.74. The van der Waals surface area contributed by atoms with E-state index in [-0.39, 0.29) is 29.7 Å². The number of nitro benzene ring substituents is 1. The molecule has 1 N–H and O–H groups in total. The van der Waals surface area contributed by atoms with Gasteiger partial charge in [0, 0.05) is 13.1 Å². The summed E-state index contributed by atoms with van der Waals surface area (Å²) >= 11 is 0. The minimum Gasteiger partial charge on any atom is -0.484 e. The fourth-order valence-corrected chi connectivity index (χ4v) is 2.25. The molecular formula is C14H19FN2O4. The molecule has 0 bridgehead atoms. The van der Waals surface area contributed by atoms with Crippen LogP contribution in [0, 0.1) is 22.9 Å². The molecule has 1 aliphatic heterocycles. The maximum atomic E-state index is 13.4. The number of rotatable bonds is 4. The Kier molecular flexibility index (Phi) is 4.43. The summed E-state index contributed by atoms with van der Waals surface area (Å²) in [6.07, 6.45) is -0.210. The Bertz CT molecular complexity index is 548. The van der Waals surface area contributed by atoms with Crippen LogP contribution in [0.15, 0.2) is 12.1 Å².